The van der Waals surface area contributed by atoms with Crippen molar-refractivity contribution in [1.29, 1.82) is 0 Å². The summed E-state index contributed by atoms with van der Waals surface area (Å²) in [7, 11) is 0. The first-order valence-electron chi connectivity index (χ1n) is 8.63. The first-order valence-corrected chi connectivity index (χ1v) is 8.63. The van der Waals surface area contributed by atoms with Gasteiger partial charge in [0, 0.05) is 5.56 Å². The number of halogens is 6. The molecule has 0 heterocycles. The minimum Gasteiger partial charge on any atom is -0.373 e. The molecule has 9 heteroatoms. The highest BCUT2D eigenvalue weighted by Gasteiger charge is 2.38. The molecule has 1 aliphatic carbocycles. The molecule has 0 saturated heterocycles. The van der Waals surface area contributed by atoms with Crippen molar-refractivity contribution >= 4 is 5.91 Å². The lowest BCUT2D eigenvalue weighted by atomic mass is 9.91. The van der Waals surface area contributed by atoms with Crippen LogP contribution in [0.3, 0.4) is 0 Å². The zero-order valence-corrected chi connectivity index (χ0v) is 14.9. The lowest BCUT2D eigenvalue weighted by Gasteiger charge is -2.33. The zero-order chi connectivity index (χ0) is 20.4. The van der Waals surface area contributed by atoms with Crippen molar-refractivity contribution in [1.82, 2.24) is 5.32 Å². The fraction of sp³-hybridized carbons (Fsp3) is 0.611. The average Bonchev–Trinajstić information content (AvgIpc) is 2.54. The second-order valence-electron chi connectivity index (χ2n) is 6.88. The third-order valence-corrected chi connectivity index (χ3v) is 4.32. The topological polar surface area (TPSA) is 38.3 Å². The molecular weight excluding hydrogens is 376 g/mol. The number of ether oxygens (including phenoxy) is 1. The van der Waals surface area contributed by atoms with Crippen LogP contribution in [0.15, 0.2) is 18.2 Å². The van der Waals surface area contributed by atoms with Crippen molar-refractivity contribution in [2.75, 3.05) is 0 Å². The van der Waals surface area contributed by atoms with Crippen molar-refractivity contribution in [3.63, 3.8) is 0 Å². The second kappa shape index (κ2) is 8.08. The Kier molecular flexibility index (Phi) is 6.44. The molecule has 27 heavy (non-hydrogen) atoms. The third kappa shape index (κ3) is 5.85. The van der Waals surface area contributed by atoms with Crippen LogP contribution in [0.25, 0.3) is 0 Å². The predicted octanol–water partition coefficient (Wildman–Crippen LogP) is 5.19. The number of hydrogen-bond acceptors (Lipinski definition) is 2. The Labute approximate surface area is 153 Å². The molecule has 3 nitrogen and oxygen atoms in total. The molecule has 1 N–H and O–H groups in total. The standard InChI is InChI=1S/C18H21F6NO2/c1-10(2)27-15-6-4-3-5-14(15)25-16(26)11-7-12(17(19,20)21)9-13(8-11)18(22,23)24/h7-10,14-15H,3-6H2,1-2H3,(H,25,26). The fourth-order valence-electron chi connectivity index (χ4n) is 3.11. The summed E-state index contributed by atoms with van der Waals surface area (Å²) in [5, 5.41) is 2.55. The quantitative estimate of drug-likeness (QED) is 0.710. The van der Waals surface area contributed by atoms with E-state index in [1.807, 2.05) is 13.8 Å². The molecule has 1 aromatic rings. The summed E-state index contributed by atoms with van der Waals surface area (Å²) in [6, 6.07) is 0.414. The zero-order valence-electron chi connectivity index (χ0n) is 14.9. The smallest absolute Gasteiger partial charge is 0.373 e. The number of carbonyl (C=O) groups is 1. The van der Waals surface area contributed by atoms with E-state index in [1.165, 1.54) is 0 Å². The minimum atomic E-state index is -5.00. The number of alkyl halides is 6. The summed E-state index contributed by atoms with van der Waals surface area (Å²) in [5.74, 6) is -0.976. The molecular formula is C18H21F6NO2. The summed E-state index contributed by atoms with van der Waals surface area (Å²) in [6.07, 6.45) is -7.54. The molecule has 0 radical (unpaired) electrons. The Balaban J connectivity index is 2.29. The summed E-state index contributed by atoms with van der Waals surface area (Å²) in [6.45, 7) is 3.63. The van der Waals surface area contributed by atoms with Gasteiger partial charge in [0.25, 0.3) is 5.91 Å². The second-order valence-corrected chi connectivity index (χ2v) is 6.88. The van der Waals surface area contributed by atoms with Crippen molar-refractivity contribution in [2.24, 2.45) is 0 Å². The van der Waals surface area contributed by atoms with Gasteiger partial charge in [-0.25, -0.2) is 0 Å². The van der Waals surface area contributed by atoms with Gasteiger partial charge in [-0.15, -0.1) is 0 Å². The van der Waals surface area contributed by atoms with Gasteiger partial charge in [0.15, 0.2) is 0 Å². The number of carbonyl (C=O) groups excluding carboxylic acids is 1. The van der Waals surface area contributed by atoms with Gasteiger partial charge >= 0.3 is 12.4 Å². The van der Waals surface area contributed by atoms with Gasteiger partial charge in [0.2, 0.25) is 0 Å². The third-order valence-electron chi connectivity index (χ3n) is 4.32. The lowest BCUT2D eigenvalue weighted by Crippen LogP contribution is -2.47. The molecule has 152 valence electrons. The van der Waals surface area contributed by atoms with Crippen LogP contribution in [-0.2, 0) is 17.1 Å². The molecule has 1 fully saturated rings. The highest BCUT2D eigenvalue weighted by atomic mass is 19.4. The molecule has 0 aliphatic heterocycles. The molecule has 1 aromatic carbocycles. The van der Waals surface area contributed by atoms with Crippen LogP contribution in [0.5, 0.6) is 0 Å². The van der Waals surface area contributed by atoms with Crippen LogP contribution >= 0.6 is 0 Å². The van der Waals surface area contributed by atoms with Crippen LogP contribution in [0, 0.1) is 0 Å². The maximum absolute atomic E-state index is 12.9. The summed E-state index contributed by atoms with van der Waals surface area (Å²) < 4.78 is 83.4. The highest BCUT2D eigenvalue weighted by molar-refractivity contribution is 5.95. The fourth-order valence-corrected chi connectivity index (χ4v) is 3.11. The maximum atomic E-state index is 12.9. The van der Waals surface area contributed by atoms with E-state index >= 15 is 0 Å². The van der Waals surface area contributed by atoms with E-state index in [9.17, 15) is 31.1 Å². The molecule has 1 amide bonds. The van der Waals surface area contributed by atoms with Crippen molar-refractivity contribution in [3.05, 3.63) is 34.9 Å². The number of nitrogens with one attached hydrogen (secondary N) is 1. The minimum absolute atomic E-state index is 0.00205. The molecule has 2 atom stereocenters. The summed E-state index contributed by atoms with van der Waals surface area (Å²) in [5.41, 5.74) is -3.70. The van der Waals surface area contributed by atoms with Gasteiger partial charge in [-0.05, 0) is 44.9 Å². The number of amides is 1. The van der Waals surface area contributed by atoms with Crippen LogP contribution in [-0.4, -0.2) is 24.2 Å². The predicted molar refractivity (Wildman–Crippen MR) is 86.2 cm³/mol. The first-order chi connectivity index (χ1) is 12.4. The van der Waals surface area contributed by atoms with Crippen LogP contribution in [0.1, 0.15) is 61.0 Å². The van der Waals surface area contributed by atoms with Gasteiger partial charge in [-0.1, -0.05) is 12.8 Å². The Hall–Kier alpha value is -1.77. The highest BCUT2D eigenvalue weighted by Crippen LogP contribution is 2.36. The maximum Gasteiger partial charge on any atom is 0.416 e. The van der Waals surface area contributed by atoms with E-state index in [2.05, 4.69) is 5.32 Å². The van der Waals surface area contributed by atoms with Crippen molar-refractivity contribution in [2.45, 2.75) is 70.1 Å². The van der Waals surface area contributed by atoms with Crippen molar-refractivity contribution < 1.29 is 35.9 Å². The Morgan fingerprint density at radius 2 is 1.52 bits per heavy atom. The summed E-state index contributed by atoms with van der Waals surface area (Å²) >= 11 is 0. The molecule has 2 rings (SSSR count). The first kappa shape index (κ1) is 21.5. The van der Waals surface area contributed by atoms with Gasteiger partial charge in [0.05, 0.1) is 29.4 Å². The normalized spacial score (nSPS) is 21.4. The molecule has 0 bridgehead atoms. The Morgan fingerprint density at radius 3 is 2.00 bits per heavy atom. The van der Waals surface area contributed by atoms with E-state index in [4.69, 9.17) is 4.74 Å². The Bertz CT molecular complexity index is 637. The monoisotopic (exact) mass is 397 g/mol. The number of rotatable bonds is 4. The summed E-state index contributed by atoms with van der Waals surface area (Å²) in [4.78, 5) is 12.4. The van der Waals surface area contributed by atoms with E-state index in [-0.39, 0.29) is 18.3 Å². The van der Waals surface area contributed by atoms with E-state index in [0.29, 0.717) is 25.0 Å². The van der Waals surface area contributed by atoms with Crippen LogP contribution in [0.2, 0.25) is 0 Å². The number of benzene rings is 1. The largest absolute Gasteiger partial charge is 0.416 e. The molecule has 0 aromatic heterocycles. The number of hydrogen-bond donors (Lipinski definition) is 1. The van der Waals surface area contributed by atoms with Crippen LogP contribution in [0.4, 0.5) is 26.3 Å². The van der Waals surface area contributed by atoms with Gasteiger partial charge in [-0.2, -0.15) is 26.3 Å². The lowest BCUT2D eigenvalue weighted by molar-refractivity contribution is -0.143. The molecule has 1 aliphatic rings. The van der Waals surface area contributed by atoms with E-state index in [0.717, 1.165) is 12.8 Å². The van der Waals surface area contributed by atoms with Crippen LogP contribution < -0.4 is 5.32 Å². The van der Waals surface area contributed by atoms with Crippen molar-refractivity contribution in [3.8, 4) is 0 Å². The SMILES string of the molecule is CC(C)OC1CCCCC1NC(=O)c1cc(C(F)(F)F)cc(C(F)(F)F)c1. The van der Waals surface area contributed by atoms with E-state index in [1.54, 1.807) is 0 Å². The van der Waals surface area contributed by atoms with Gasteiger partial charge in [0.1, 0.15) is 0 Å². The molecule has 2 unspecified atom stereocenters. The Morgan fingerprint density at radius 1 is 1.00 bits per heavy atom. The van der Waals surface area contributed by atoms with Gasteiger partial charge < -0.3 is 10.1 Å². The average molecular weight is 397 g/mol. The molecule has 1 saturated carbocycles. The van der Waals surface area contributed by atoms with Gasteiger partial charge in [-0.3, -0.25) is 4.79 Å². The molecule has 0 spiro atoms. The van der Waals surface area contributed by atoms with E-state index < -0.39 is 41.0 Å².